The molecule has 2 unspecified atom stereocenters. The first-order valence-electron chi connectivity index (χ1n) is 3.30. The highest BCUT2D eigenvalue weighted by Crippen LogP contribution is 2.21. The fraction of sp³-hybridized carbons (Fsp3) is 0.667. The molecule has 0 fully saturated rings. The molecule has 0 amide bonds. The quantitative estimate of drug-likeness (QED) is 0.309. The lowest BCUT2D eigenvalue weighted by Gasteiger charge is -2.20. The van der Waals surface area contributed by atoms with E-state index >= 15 is 0 Å². The van der Waals surface area contributed by atoms with E-state index in [0.717, 1.165) is 6.42 Å². The van der Waals surface area contributed by atoms with Crippen LogP contribution in [0, 0.1) is 10.1 Å². The molecule has 0 N–H and O–H groups in total. The third kappa shape index (κ3) is 2.49. The molecule has 0 saturated heterocycles. The molecule has 1 aliphatic rings. The Kier molecular flexibility index (Phi) is 2.87. The molecule has 2 atom stereocenters. The second-order valence-corrected chi connectivity index (χ2v) is 3.50. The summed E-state index contributed by atoms with van der Waals surface area (Å²) in [5, 5.41) is 9.21. The maximum atomic E-state index is 9.95. The van der Waals surface area contributed by atoms with Gasteiger partial charge in [-0.3, -0.25) is 0 Å². The molecular formula is C6H8BrNO3. The van der Waals surface area contributed by atoms with Gasteiger partial charge in [-0.1, -0.05) is 28.1 Å². The molecule has 62 valence electrons. The third-order valence-corrected chi connectivity index (χ3v) is 2.48. The van der Waals surface area contributed by atoms with Crippen LogP contribution in [0.1, 0.15) is 12.8 Å². The van der Waals surface area contributed by atoms with Crippen LogP contribution in [0.2, 0.25) is 0 Å². The third-order valence-electron chi connectivity index (χ3n) is 1.52. The van der Waals surface area contributed by atoms with Crippen molar-refractivity contribution in [1.82, 2.24) is 0 Å². The molecule has 0 bridgehead atoms. The second-order valence-electron chi connectivity index (χ2n) is 2.33. The topological polar surface area (TPSA) is 52.4 Å². The smallest absolute Gasteiger partial charge is 0.294 e. The molecular weight excluding hydrogens is 214 g/mol. The van der Waals surface area contributed by atoms with Crippen molar-refractivity contribution in [3.05, 3.63) is 22.3 Å². The van der Waals surface area contributed by atoms with Gasteiger partial charge in [0.2, 0.25) is 0 Å². The highest BCUT2D eigenvalue weighted by atomic mass is 79.9. The number of halogens is 1. The summed E-state index contributed by atoms with van der Waals surface area (Å²) in [6, 6.07) is 0. The molecule has 0 heterocycles. The zero-order valence-corrected chi connectivity index (χ0v) is 7.36. The minimum Gasteiger partial charge on any atom is -0.309 e. The van der Waals surface area contributed by atoms with Gasteiger partial charge in [-0.25, -0.2) is 0 Å². The van der Waals surface area contributed by atoms with E-state index < -0.39 is 5.09 Å². The number of nitrogens with zero attached hydrogens (tertiary/aromatic N) is 1. The van der Waals surface area contributed by atoms with E-state index in [1.165, 1.54) is 0 Å². The minimum absolute atomic E-state index is 0.0675. The Morgan fingerprint density at radius 3 is 2.73 bits per heavy atom. The summed E-state index contributed by atoms with van der Waals surface area (Å²) >= 11 is 3.30. The van der Waals surface area contributed by atoms with Gasteiger partial charge in [0.25, 0.3) is 5.09 Å². The number of alkyl halides is 1. The summed E-state index contributed by atoms with van der Waals surface area (Å²) in [5.74, 6) is 0. The average molecular weight is 222 g/mol. The van der Waals surface area contributed by atoms with Crippen LogP contribution in [-0.4, -0.2) is 16.0 Å². The standard InChI is InChI=1S/C6H8BrNO3/c7-5-3-1-2-4-6(5)11-8(9)10/h1-2,5-6H,3-4H2. The molecule has 0 aromatic carbocycles. The Labute approximate surface area is 72.5 Å². The van der Waals surface area contributed by atoms with Crippen LogP contribution in [0.15, 0.2) is 12.2 Å². The number of hydrogen-bond donors (Lipinski definition) is 0. The van der Waals surface area contributed by atoms with Gasteiger partial charge in [0.15, 0.2) is 0 Å². The minimum atomic E-state index is -0.738. The van der Waals surface area contributed by atoms with E-state index in [9.17, 15) is 10.1 Å². The molecule has 0 spiro atoms. The van der Waals surface area contributed by atoms with Crippen molar-refractivity contribution < 1.29 is 9.92 Å². The van der Waals surface area contributed by atoms with Crippen LogP contribution in [0.4, 0.5) is 0 Å². The van der Waals surface area contributed by atoms with Crippen LogP contribution in [0.25, 0.3) is 0 Å². The number of hydrogen-bond acceptors (Lipinski definition) is 3. The zero-order chi connectivity index (χ0) is 8.27. The van der Waals surface area contributed by atoms with E-state index in [2.05, 4.69) is 20.8 Å². The molecule has 0 aromatic heterocycles. The molecule has 0 aliphatic heterocycles. The van der Waals surface area contributed by atoms with Crippen molar-refractivity contribution >= 4 is 15.9 Å². The summed E-state index contributed by atoms with van der Waals surface area (Å²) in [6.45, 7) is 0. The summed E-state index contributed by atoms with van der Waals surface area (Å²) < 4.78 is 0. The highest BCUT2D eigenvalue weighted by Gasteiger charge is 2.22. The summed E-state index contributed by atoms with van der Waals surface area (Å²) in [7, 11) is 0. The first kappa shape index (κ1) is 8.52. The highest BCUT2D eigenvalue weighted by molar-refractivity contribution is 9.09. The van der Waals surface area contributed by atoms with Gasteiger partial charge < -0.3 is 4.84 Å². The Bertz CT molecular complexity index is 183. The summed E-state index contributed by atoms with van der Waals surface area (Å²) in [6.07, 6.45) is 4.95. The molecule has 0 saturated carbocycles. The monoisotopic (exact) mass is 221 g/mol. The molecule has 0 aromatic rings. The Hall–Kier alpha value is -0.580. The van der Waals surface area contributed by atoms with E-state index in [-0.39, 0.29) is 10.9 Å². The van der Waals surface area contributed by atoms with Crippen LogP contribution < -0.4 is 0 Å². The van der Waals surface area contributed by atoms with E-state index in [1.54, 1.807) is 0 Å². The van der Waals surface area contributed by atoms with Gasteiger partial charge in [0.05, 0.1) is 0 Å². The van der Waals surface area contributed by atoms with Crippen molar-refractivity contribution in [3.63, 3.8) is 0 Å². The van der Waals surface area contributed by atoms with Crippen molar-refractivity contribution in [2.75, 3.05) is 0 Å². The predicted molar refractivity (Wildman–Crippen MR) is 43.0 cm³/mol. The van der Waals surface area contributed by atoms with E-state index in [4.69, 9.17) is 0 Å². The number of allylic oxidation sites excluding steroid dienone is 1. The van der Waals surface area contributed by atoms with Gasteiger partial charge in [0.1, 0.15) is 6.10 Å². The molecule has 11 heavy (non-hydrogen) atoms. The lowest BCUT2D eigenvalue weighted by atomic mass is 10.1. The van der Waals surface area contributed by atoms with Crippen LogP contribution in [-0.2, 0) is 4.84 Å². The molecule has 5 heteroatoms. The first-order valence-corrected chi connectivity index (χ1v) is 4.22. The Morgan fingerprint density at radius 1 is 1.55 bits per heavy atom. The van der Waals surface area contributed by atoms with Crippen molar-refractivity contribution in [1.29, 1.82) is 0 Å². The van der Waals surface area contributed by atoms with Gasteiger partial charge in [-0.15, -0.1) is 10.1 Å². The second kappa shape index (κ2) is 3.71. The first-order chi connectivity index (χ1) is 5.20. The van der Waals surface area contributed by atoms with Crippen molar-refractivity contribution in [2.24, 2.45) is 0 Å². The van der Waals surface area contributed by atoms with E-state index in [0.29, 0.717) is 6.42 Å². The van der Waals surface area contributed by atoms with Crippen LogP contribution in [0.3, 0.4) is 0 Å². The Balaban J connectivity index is 2.44. The van der Waals surface area contributed by atoms with Gasteiger partial charge in [-0.05, 0) is 12.8 Å². The SMILES string of the molecule is O=[N+]([O-])OC1CC=CCC1Br. The fourth-order valence-corrected chi connectivity index (χ4v) is 1.50. The average Bonchev–Trinajstić information content (AvgIpc) is 1.93. The summed E-state index contributed by atoms with van der Waals surface area (Å²) in [4.78, 5) is 14.4. The van der Waals surface area contributed by atoms with Crippen LogP contribution in [0.5, 0.6) is 0 Å². The van der Waals surface area contributed by atoms with Gasteiger partial charge in [0, 0.05) is 4.83 Å². The van der Waals surface area contributed by atoms with Gasteiger partial charge >= 0.3 is 0 Å². The lowest BCUT2D eigenvalue weighted by Crippen LogP contribution is -2.27. The maximum Gasteiger partial charge on any atom is 0.294 e. The molecule has 1 aliphatic carbocycles. The normalized spacial score (nSPS) is 29.9. The number of rotatable bonds is 2. The van der Waals surface area contributed by atoms with Crippen molar-refractivity contribution in [2.45, 2.75) is 23.8 Å². The molecule has 1 rings (SSSR count). The zero-order valence-electron chi connectivity index (χ0n) is 5.77. The maximum absolute atomic E-state index is 9.95. The van der Waals surface area contributed by atoms with Gasteiger partial charge in [-0.2, -0.15) is 0 Å². The molecule has 4 nitrogen and oxygen atoms in total. The van der Waals surface area contributed by atoms with Crippen molar-refractivity contribution in [3.8, 4) is 0 Å². The summed E-state index contributed by atoms with van der Waals surface area (Å²) in [5.41, 5.74) is 0. The Morgan fingerprint density at radius 2 is 2.18 bits per heavy atom. The largest absolute Gasteiger partial charge is 0.309 e. The van der Waals surface area contributed by atoms with E-state index in [1.807, 2.05) is 12.2 Å². The lowest BCUT2D eigenvalue weighted by molar-refractivity contribution is -0.768. The fourth-order valence-electron chi connectivity index (χ4n) is 0.976. The van der Waals surface area contributed by atoms with Crippen LogP contribution >= 0.6 is 15.9 Å². The molecule has 0 radical (unpaired) electrons. The predicted octanol–water partition coefficient (Wildman–Crippen LogP) is 1.68.